The number of hydrogen-bond donors (Lipinski definition) is 2. The molecule has 0 aliphatic heterocycles. The fourth-order valence-electron chi connectivity index (χ4n) is 2.57. The second kappa shape index (κ2) is 7.54. The summed E-state index contributed by atoms with van der Waals surface area (Å²) in [5.74, 6) is 1.06. The van der Waals surface area contributed by atoms with Gasteiger partial charge in [0.15, 0.2) is 0 Å². The van der Waals surface area contributed by atoms with Gasteiger partial charge in [0, 0.05) is 13.1 Å². The van der Waals surface area contributed by atoms with E-state index in [2.05, 4.69) is 34.6 Å². The molecule has 0 bridgehead atoms. The largest absolute Gasteiger partial charge is 0.395 e. The highest BCUT2D eigenvalue weighted by Gasteiger charge is 2.12. The lowest BCUT2D eigenvalue weighted by molar-refractivity contribution is 0.213. The number of fused-ring (bicyclic) bond motifs is 1. The van der Waals surface area contributed by atoms with Gasteiger partial charge in [-0.3, -0.25) is 4.90 Å². The number of aliphatic hydroxyl groups is 1. The van der Waals surface area contributed by atoms with Gasteiger partial charge in [-0.1, -0.05) is 6.07 Å². The summed E-state index contributed by atoms with van der Waals surface area (Å²) < 4.78 is 2.29. The van der Waals surface area contributed by atoms with Gasteiger partial charge >= 0.3 is 0 Å². The van der Waals surface area contributed by atoms with Gasteiger partial charge in [-0.2, -0.15) is 0 Å². The quantitative estimate of drug-likeness (QED) is 0.723. The molecule has 0 saturated carbocycles. The third kappa shape index (κ3) is 4.03. The van der Waals surface area contributed by atoms with Crippen LogP contribution in [0.15, 0.2) is 18.2 Å². The van der Waals surface area contributed by atoms with Crippen molar-refractivity contribution in [3.8, 4) is 0 Å². The molecule has 0 spiro atoms. The summed E-state index contributed by atoms with van der Waals surface area (Å²) in [7, 11) is 2.00. The molecule has 2 rings (SSSR count). The predicted molar refractivity (Wildman–Crippen MR) is 86.2 cm³/mol. The lowest BCUT2D eigenvalue weighted by Crippen LogP contribution is -2.23. The summed E-state index contributed by atoms with van der Waals surface area (Å²) in [6.45, 7) is 5.33. The Labute approximate surface area is 126 Å². The lowest BCUT2D eigenvalue weighted by Gasteiger charge is -2.16. The number of hydrogen-bond acceptors (Lipinski definition) is 4. The summed E-state index contributed by atoms with van der Waals surface area (Å²) in [4.78, 5) is 6.87. The highest BCUT2D eigenvalue weighted by Crippen LogP contribution is 2.19. The summed E-state index contributed by atoms with van der Waals surface area (Å²) in [6.07, 6.45) is 2.09. The highest BCUT2D eigenvalue weighted by molar-refractivity contribution is 5.76. The van der Waals surface area contributed by atoms with Crippen LogP contribution in [-0.2, 0) is 13.1 Å². The summed E-state index contributed by atoms with van der Waals surface area (Å²) in [5.41, 5.74) is 9.06. The SMILES string of the molecule is Cc1ccc2c(c1)nc(CN(C)CCO)n2CCCCN. The molecule has 3 N–H and O–H groups in total. The zero-order valence-corrected chi connectivity index (χ0v) is 13.0. The topological polar surface area (TPSA) is 67.3 Å². The first-order chi connectivity index (χ1) is 10.2. The predicted octanol–water partition coefficient (Wildman–Crippen LogP) is 1.51. The number of aromatic nitrogens is 2. The maximum absolute atomic E-state index is 9.05. The van der Waals surface area contributed by atoms with Gasteiger partial charge in [0.1, 0.15) is 5.82 Å². The minimum absolute atomic E-state index is 0.170. The van der Waals surface area contributed by atoms with E-state index in [-0.39, 0.29) is 6.61 Å². The molecule has 0 radical (unpaired) electrons. The highest BCUT2D eigenvalue weighted by atomic mass is 16.3. The average molecular weight is 290 g/mol. The summed E-state index contributed by atoms with van der Waals surface area (Å²) in [6, 6.07) is 6.41. The number of aryl methyl sites for hydroxylation is 2. The molecule has 21 heavy (non-hydrogen) atoms. The molecule has 1 aromatic heterocycles. The van der Waals surface area contributed by atoms with Crippen LogP contribution >= 0.6 is 0 Å². The van der Waals surface area contributed by atoms with Crippen molar-refractivity contribution in [2.24, 2.45) is 5.73 Å². The number of nitrogens with two attached hydrogens (primary N) is 1. The zero-order chi connectivity index (χ0) is 15.2. The van der Waals surface area contributed by atoms with Crippen molar-refractivity contribution in [2.45, 2.75) is 32.9 Å². The minimum Gasteiger partial charge on any atom is -0.395 e. The molecule has 0 unspecified atom stereocenters. The fourth-order valence-corrected chi connectivity index (χ4v) is 2.57. The van der Waals surface area contributed by atoms with E-state index in [0.29, 0.717) is 6.54 Å². The van der Waals surface area contributed by atoms with Crippen LogP contribution in [0.5, 0.6) is 0 Å². The molecule has 1 heterocycles. The van der Waals surface area contributed by atoms with Gasteiger partial charge in [-0.05, 0) is 51.1 Å². The Balaban J connectivity index is 2.29. The Bertz CT molecular complexity index is 579. The summed E-state index contributed by atoms with van der Waals surface area (Å²) in [5, 5.41) is 9.05. The number of imidazole rings is 1. The molecule has 116 valence electrons. The molecular weight excluding hydrogens is 264 g/mol. The van der Waals surface area contributed by atoms with Crippen LogP contribution < -0.4 is 5.73 Å². The van der Waals surface area contributed by atoms with Gasteiger partial charge in [0.05, 0.1) is 24.2 Å². The number of benzene rings is 1. The second-order valence-corrected chi connectivity index (χ2v) is 5.63. The van der Waals surface area contributed by atoms with Gasteiger partial charge < -0.3 is 15.4 Å². The molecular formula is C16H26N4O. The standard InChI is InChI=1S/C16H26N4O/c1-13-5-6-15-14(11-13)18-16(12-19(2)9-10-21)20(15)8-4-3-7-17/h5-6,11,21H,3-4,7-10,12,17H2,1-2H3. The van der Waals surface area contributed by atoms with Crippen molar-refractivity contribution >= 4 is 11.0 Å². The van der Waals surface area contributed by atoms with Crippen molar-refractivity contribution in [3.63, 3.8) is 0 Å². The Morgan fingerprint density at radius 1 is 1.33 bits per heavy atom. The maximum Gasteiger partial charge on any atom is 0.124 e. The minimum atomic E-state index is 0.170. The molecule has 1 aromatic carbocycles. The number of nitrogens with zero attached hydrogens (tertiary/aromatic N) is 3. The molecule has 0 atom stereocenters. The van der Waals surface area contributed by atoms with Crippen LogP contribution in [0.3, 0.4) is 0 Å². The molecule has 0 aliphatic rings. The first kappa shape index (κ1) is 15.9. The van der Waals surface area contributed by atoms with Gasteiger partial charge in [-0.15, -0.1) is 0 Å². The van der Waals surface area contributed by atoms with Crippen molar-refractivity contribution in [1.29, 1.82) is 0 Å². The average Bonchev–Trinajstić information content (AvgIpc) is 2.76. The monoisotopic (exact) mass is 290 g/mol. The van der Waals surface area contributed by atoms with Crippen LogP contribution in [0.2, 0.25) is 0 Å². The zero-order valence-electron chi connectivity index (χ0n) is 13.0. The van der Waals surface area contributed by atoms with Crippen LogP contribution in [0.25, 0.3) is 11.0 Å². The Kier molecular flexibility index (Phi) is 5.73. The van der Waals surface area contributed by atoms with Crippen LogP contribution in [-0.4, -0.2) is 46.3 Å². The van der Waals surface area contributed by atoms with E-state index in [1.807, 2.05) is 7.05 Å². The van der Waals surface area contributed by atoms with E-state index in [1.54, 1.807) is 0 Å². The van der Waals surface area contributed by atoms with E-state index >= 15 is 0 Å². The third-order valence-electron chi connectivity index (χ3n) is 3.71. The van der Waals surface area contributed by atoms with Crippen molar-refractivity contribution in [2.75, 3.05) is 26.7 Å². The van der Waals surface area contributed by atoms with E-state index in [1.165, 1.54) is 11.1 Å². The number of rotatable bonds is 8. The van der Waals surface area contributed by atoms with E-state index in [9.17, 15) is 0 Å². The van der Waals surface area contributed by atoms with E-state index in [4.69, 9.17) is 15.8 Å². The first-order valence-corrected chi connectivity index (χ1v) is 7.61. The fraction of sp³-hybridized carbons (Fsp3) is 0.562. The van der Waals surface area contributed by atoms with Crippen molar-refractivity contribution < 1.29 is 5.11 Å². The normalized spacial score (nSPS) is 11.7. The number of aliphatic hydroxyl groups excluding tert-OH is 1. The van der Waals surface area contributed by atoms with E-state index < -0.39 is 0 Å². The molecule has 0 fully saturated rings. The third-order valence-corrected chi connectivity index (χ3v) is 3.71. The number of unbranched alkanes of at least 4 members (excludes halogenated alkanes) is 1. The first-order valence-electron chi connectivity index (χ1n) is 7.61. The smallest absolute Gasteiger partial charge is 0.124 e. The Morgan fingerprint density at radius 3 is 2.86 bits per heavy atom. The van der Waals surface area contributed by atoms with E-state index in [0.717, 1.165) is 43.8 Å². The molecule has 5 heteroatoms. The van der Waals surface area contributed by atoms with Gasteiger partial charge in [0.2, 0.25) is 0 Å². The van der Waals surface area contributed by atoms with Crippen molar-refractivity contribution in [3.05, 3.63) is 29.6 Å². The van der Waals surface area contributed by atoms with Gasteiger partial charge in [0.25, 0.3) is 0 Å². The van der Waals surface area contributed by atoms with Crippen LogP contribution in [0.1, 0.15) is 24.2 Å². The second-order valence-electron chi connectivity index (χ2n) is 5.63. The molecule has 5 nitrogen and oxygen atoms in total. The molecule has 0 amide bonds. The molecule has 0 saturated heterocycles. The maximum atomic E-state index is 9.05. The Hall–Kier alpha value is -1.43. The summed E-state index contributed by atoms with van der Waals surface area (Å²) >= 11 is 0. The van der Waals surface area contributed by atoms with Crippen LogP contribution in [0, 0.1) is 6.92 Å². The number of likely N-dealkylation sites (N-methyl/N-ethyl adjacent to an activating group) is 1. The Morgan fingerprint density at radius 2 is 2.14 bits per heavy atom. The molecule has 2 aromatic rings. The van der Waals surface area contributed by atoms with Crippen LogP contribution in [0.4, 0.5) is 0 Å². The lowest BCUT2D eigenvalue weighted by atomic mass is 10.2. The van der Waals surface area contributed by atoms with Gasteiger partial charge in [-0.25, -0.2) is 4.98 Å². The molecule has 0 aliphatic carbocycles. The van der Waals surface area contributed by atoms with Crippen molar-refractivity contribution in [1.82, 2.24) is 14.5 Å².